The van der Waals surface area contributed by atoms with Gasteiger partial charge in [0.05, 0.1) is 17.2 Å². The first-order valence-corrected chi connectivity index (χ1v) is 10.1. The fraction of sp³-hybridized carbons (Fsp3) is 0.722. The number of aromatic nitrogens is 1. The summed E-state index contributed by atoms with van der Waals surface area (Å²) in [7, 11) is 0. The SMILES string of the molecule is CCNC(=NCc1sc(C)nc1C)NCCCN1CCCCCC1=O.I. The number of hydrogen-bond acceptors (Lipinski definition) is 4. The van der Waals surface area contributed by atoms with Crippen molar-refractivity contribution >= 4 is 47.2 Å². The fourth-order valence-corrected chi connectivity index (χ4v) is 3.83. The number of hydrogen-bond donors (Lipinski definition) is 2. The van der Waals surface area contributed by atoms with Crippen LogP contribution in [0.2, 0.25) is 0 Å². The van der Waals surface area contributed by atoms with Crippen LogP contribution < -0.4 is 10.6 Å². The third-order valence-electron chi connectivity index (χ3n) is 4.29. The molecule has 148 valence electrons. The Morgan fingerprint density at radius 2 is 2.08 bits per heavy atom. The molecular weight excluding hydrogens is 461 g/mol. The van der Waals surface area contributed by atoms with Crippen LogP contribution in [-0.2, 0) is 11.3 Å². The van der Waals surface area contributed by atoms with Crippen LogP contribution in [-0.4, -0.2) is 47.9 Å². The molecule has 1 aromatic heterocycles. The number of amides is 1. The highest BCUT2D eigenvalue weighted by atomic mass is 127. The standard InChI is InChI=1S/C18H31N5OS.HI/c1-4-19-18(21-13-16-14(2)22-15(3)25-16)20-10-8-12-23-11-7-5-6-9-17(23)24;/h4-13H2,1-3H3,(H2,19,20,21);1H. The maximum Gasteiger partial charge on any atom is 0.222 e. The third-order valence-corrected chi connectivity index (χ3v) is 5.35. The van der Waals surface area contributed by atoms with Gasteiger partial charge in [-0.2, -0.15) is 0 Å². The van der Waals surface area contributed by atoms with Crippen molar-refractivity contribution in [1.82, 2.24) is 20.5 Å². The van der Waals surface area contributed by atoms with Gasteiger partial charge in [-0.1, -0.05) is 6.42 Å². The Hall–Kier alpha value is -0.900. The van der Waals surface area contributed by atoms with Gasteiger partial charge in [-0.25, -0.2) is 9.98 Å². The van der Waals surface area contributed by atoms with E-state index in [9.17, 15) is 4.79 Å². The smallest absolute Gasteiger partial charge is 0.222 e. The van der Waals surface area contributed by atoms with Gasteiger partial charge in [0.2, 0.25) is 5.91 Å². The maximum atomic E-state index is 12.0. The number of nitrogens with zero attached hydrogens (tertiary/aromatic N) is 3. The van der Waals surface area contributed by atoms with Crippen LogP contribution in [0.1, 0.15) is 54.6 Å². The van der Waals surface area contributed by atoms with Crippen molar-refractivity contribution in [1.29, 1.82) is 0 Å². The fourth-order valence-electron chi connectivity index (χ4n) is 2.96. The zero-order valence-electron chi connectivity index (χ0n) is 16.1. The molecule has 1 saturated heterocycles. The molecule has 0 spiro atoms. The third kappa shape index (κ3) is 7.77. The van der Waals surface area contributed by atoms with Crippen LogP contribution in [0.25, 0.3) is 0 Å². The Morgan fingerprint density at radius 1 is 1.27 bits per heavy atom. The summed E-state index contributed by atoms with van der Waals surface area (Å²) in [4.78, 5) is 24.3. The minimum absolute atomic E-state index is 0. The van der Waals surface area contributed by atoms with Crippen molar-refractivity contribution in [2.24, 2.45) is 4.99 Å². The van der Waals surface area contributed by atoms with Crippen molar-refractivity contribution in [3.8, 4) is 0 Å². The largest absolute Gasteiger partial charge is 0.357 e. The molecular formula is C18H32IN5OS. The zero-order valence-corrected chi connectivity index (χ0v) is 19.3. The second-order valence-electron chi connectivity index (χ2n) is 6.41. The molecule has 6 nitrogen and oxygen atoms in total. The minimum atomic E-state index is 0. The van der Waals surface area contributed by atoms with Gasteiger partial charge in [0, 0.05) is 37.5 Å². The Bertz CT molecular complexity index is 590. The lowest BCUT2D eigenvalue weighted by Gasteiger charge is -2.20. The molecule has 1 aliphatic rings. The number of guanidine groups is 1. The predicted octanol–water partition coefficient (Wildman–Crippen LogP) is 3.23. The number of nitrogens with one attached hydrogen (secondary N) is 2. The molecule has 1 aliphatic heterocycles. The number of carbonyl (C=O) groups is 1. The molecule has 0 aromatic carbocycles. The number of likely N-dealkylation sites (tertiary alicyclic amines) is 1. The summed E-state index contributed by atoms with van der Waals surface area (Å²) >= 11 is 1.71. The van der Waals surface area contributed by atoms with Gasteiger partial charge in [0.1, 0.15) is 0 Å². The number of thiazole rings is 1. The molecule has 2 N–H and O–H groups in total. The molecule has 0 aliphatic carbocycles. The summed E-state index contributed by atoms with van der Waals surface area (Å²) in [6.45, 7) is 10.2. The number of aryl methyl sites for hydroxylation is 2. The van der Waals surface area contributed by atoms with Crippen LogP contribution in [0.15, 0.2) is 4.99 Å². The van der Waals surface area contributed by atoms with Gasteiger partial charge in [-0.05, 0) is 40.0 Å². The average Bonchev–Trinajstić information content (AvgIpc) is 2.77. The molecule has 2 heterocycles. The highest BCUT2D eigenvalue weighted by molar-refractivity contribution is 14.0. The summed E-state index contributed by atoms with van der Waals surface area (Å²) < 4.78 is 0. The van der Waals surface area contributed by atoms with E-state index in [1.165, 1.54) is 11.3 Å². The van der Waals surface area contributed by atoms with E-state index in [0.717, 1.165) is 62.1 Å². The quantitative estimate of drug-likeness (QED) is 0.265. The van der Waals surface area contributed by atoms with Crippen LogP contribution in [0, 0.1) is 13.8 Å². The molecule has 0 radical (unpaired) electrons. The first-order valence-electron chi connectivity index (χ1n) is 9.33. The van der Waals surface area contributed by atoms with E-state index in [1.807, 2.05) is 18.7 Å². The lowest BCUT2D eigenvalue weighted by Crippen LogP contribution is -2.39. The lowest BCUT2D eigenvalue weighted by molar-refractivity contribution is -0.130. The van der Waals surface area contributed by atoms with E-state index >= 15 is 0 Å². The molecule has 1 amide bonds. The van der Waals surface area contributed by atoms with Gasteiger partial charge in [0.25, 0.3) is 0 Å². The van der Waals surface area contributed by atoms with Crippen molar-refractivity contribution in [2.45, 2.75) is 59.4 Å². The molecule has 0 saturated carbocycles. The highest BCUT2D eigenvalue weighted by Crippen LogP contribution is 2.17. The van der Waals surface area contributed by atoms with Gasteiger partial charge >= 0.3 is 0 Å². The Balaban J connectivity index is 0.00000338. The van der Waals surface area contributed by atoms with E-state index in [2.05, 4.69) is 27.5 Å². The van der Waals surface area contributed by atoms with E-state index in [0.29, 0.717) is 18.9 Å². The summed E-state index contributed by atoms with van der Waals surface area (Å²) in [5, 5.41) is 7.74. The van der Waals surface area contributed by atoms with Gasteiger partial charge in [-0.3, -0.25) is 4.79 Å². The number of carbonyl (C=O) groups excluding carboxylic acids is 1. The number of aliphatic imine (C=N–C) groups is 1. The Morgan fingerprint density at radius 3 is 2.77 bits per heavy atom. The minimum Gasteiger partial charge on any atom is -0.357 e. The van der Waals surface area contributed by atoms with E-state index in [4.69, 9.17) is 0 Å². The second kappa shape index (κ2) is 12.5. The monoisotopic (exact) mass is 493 g/mol. The topological polar surface area (TPSA) is 69.6 Å². The second-order valence-corrected chi connectivity index (χ2v) is 7.70. The molecule has 2 rings (SSSR count). The van der Waals surface area contributed by atoms with Gasteiger partial charge in [0.15, 0.2) is 5.96 Å². The average molecular weight is 493 g/mol. The maximum absolute atomic E-state index is 12.0. The van der Waals surface area contributed by atoms with Crippen LogP contribution in [0.4, 0.5) is 0 Å². The van der Waals surface area contributed by atoms with Crippen LogP contribution >= 0.6 is 35.3 Å². The van der Waals surface area contributed by atoms with Crippen molar-refractivity contribution in [2.75, 3.05) is 26.2 Å². The van der Waals surface area contributed by atoms with Crippen molar-refractivity contribution in [3.63, 3.8) is 0 Å². The molecule has 0 atom stereocenters. The molecule has 26 heavy (non-hydrogen) atoms. The highest BCUT2D eigenvalue weighted by Gasteiger charge is 2.15. The van der Waals surface area contributed by atoms with Crippen molar-refractivity contribution < 1.29 is 4.79 Å². The molecule has 1 aromatic rings. The van der Waals surface area contributed by atoms with Crippen molar-refractivity contribution in [3.05, 3.63) is 15.6 Å². The summed E-state index contributed by atoms with van der Waals surface area (Å²) in [6.07, 6.45) is 5.01. The lowest BCUT2D eigenvalue weighted by atomic mass is 10.2. The summed E-state index contributed by atoms with van der Waals surface area (Å²) in [5.41, 5.74) is 1.07. The number of rotatable bonds is 7. The Kier molecular flexibility index (Phi) is 11.1. The Labute approximate surface area is 178 Å². The molecule has 0 unspecified atom stereocenters. The van der Waals surface area contributed by atoms with E-state index in [1.54, 1.807) is 11.3 Å². The van der Waals surface area contributed by atoms with Crippen LogP contribution in [0.5, 0.6) is 0 Å². The normalized spacial score (nSPS) is 15.4. The van der Waals surface area contributed by atoms with E-state index in [-0.39, 0.29) is 24.0 Å². The predicted molar refractivity (Wildman–Crippen MR) is 119 cm³/mol. The first kappa shape index (κ1) is 23.1. The molecule has 1 fully saturated rings. The molecule has 0 bridgehead atoms. The van der Waals surface area contributed by atoms with E-state index < -0.39 is 0 Å². The van der Waals surface area contributed by atoms with Crippen LogP contribution in [0.3, 0.4) is 0 Å². The zero-order chi connectivity index (χ0) is 18.1. The van der Waals surface area contributed by atoms with Gasteiger partial charge in [-0.15, -0.1) is 35.3 Å². The number of halogens is 1. The summed E-state index contributed by atoms with van der Waals surface area (Å²) in [5.74, 6) is 1.14. The van der Waals surface area contributed by atoms with Gasteiger partial charge < -0.3 is 15.5 Å². The first-order chi connectivity index (χ1) is 12.1. The molecule has 8 heteroatoms. The summed E-state index contributed by atoms with van der Waals surface area (Å²) in [6, 6.07) is 0.